The zero-order chi connectivity index (χ0) is 16.6. The van der Waals surface area contributed by atoms with Gasteiger partial charge in [0.1, 0.15) is 0 Å². The van der Waals surface area contributed by atoms with Crippen LogP contribution in [0, 0.1) is 0 Å². The smallest absolute Gasteiger partial charge is 0.315 e. The molecule has 0 aliphatic carbocycles. The van der Waals surface area contributed by atoms with E-state index in [1.54, 1.807) is 38.3 Å². The molecule has 3 N–H and O–H groups in total. The van der Waals surface area contributed by atoms with Gasteiger partial charge in [-0.15, -0.1) is 0 Å². The van der Waals surface area contributed by atoms with Crippen LogP contribution < -0.4 is 15.4 Å². The van der Waals surface area contributed by atoms with Gasteiger partial charge in [0.05, 0.1) is 18.0 Å². The molecule has 0 spiro atoms. The number of anilines is 1. The number of rotatable bonds is 8. The molecule has 0 fully saturated rings. The second kappa shape index (κ2) is 8.60. The highest BCUT2D eigenvalue weighted by molar-refractivity contribution is 7.92. The van der Waals surface area contributed by atoms with Crippen LogP contribution in [0.1, 0.15) is 24.9 Å². The van der Waals surface area contributed by atoms with Gasteiger partial charge in [-0.25, -0.2) is 13.2 Å². The van der Waals surface area contributed by atoms with Crippen molar-refractivity contribution in [1.29, 1.82) is 0 Å². The number of amides is 2. The molecule has 7 nitrogen and oxygen atoms in total. The van der Waals surface area contributed by atoms with Crippen LogP contribution in [0.2, 0.25) is 0 Å². The van der Waals surface area contributed by atoms with Gasteiger partial charge in [-0.1, -0.05) is 18.2 Å². The van der Waals surface area contributed by atoms with E-state index in [9.17, 15) is 13.2 Å². The number of para-hydroxylation sites is 1. The van der Waals surface area contributed by atoms with Crippen molar-refractivity contribution in [2.45, 2.75) is 19.4 Å². The van der Waals surface area contributed by atoms with Gasteiger partial charge in [0.15, 0.2) is 0 Å². The summed E-state index contributed by atoms with van der Waals surface area (Å²) in [6, 6.07) is 6.30. The Morgan fingerprint density at radius 2 is 2.00 bits per heavy atom. The van der Waals surface area contributed by atoms with Crippen molar-refractivity contribution in [1.82, 2.24) is 10.6 Å². The molecule has 0 aliphatic heterocycles. The number of ether oxygens (including phenoxy) is 1. The van der Waals surface area contributed by atoms with Crippen LogP contribution >= 0.6 is 0 Å². The molecule has 0 bridgehead atoms. The molecule has 0 saturated carbocycles. The maximum atomic E-state index is 11.8. The second-order valence-electron chi connectivity index (χ2n) is 4.93. The first-order valence-corrected chi connectivity index (χ1v) is 8.82. The summed E-state index contributed by atoms with van der Waals surface area (Å²) >= 11 is 0. The maximum absolute atomic E-state index is 11.8. The van der Waals surface area contributed by atoms with E-state index < -0.39 is 10.0 Å². The molecule has 0 saturated heterocycles. The Morgan fingerprint density at radius 3 is 2.64 bits per heavy atom. The number of benzene rings is 1. The minimum atomic E-state index is -3.37. The minimum Gasteiger partial charge on any atom is -0.385 e. The summed E-state index contributed by atoms with van der Waals surface area (Å²) in [5.74, 6) is 0. The molecule has 2 amide bonds. The SMILES string of the molecule is COCCCNC(=O)N[C@H](C)c1ccccc1NS(C)(=O)=O. The average molecular weight is 329 g/mol. The predicted octanol–water partition coefficient (Wildman–Crippen LogP) is 1.45. The molecule has 0 aliphatic rings. The monoisotopic (exact) mass is 329 g/mol. The van der Waals surface area contributed by atoms with Crippen LogP contribution in [0.25, 0.3) is 0 Å². The van der Waals surface area contributed by atoms with E-state index in [4.69, 9.17) is 4.74 Å². The molecule has 0 unspecified atom stereocenters. The van der Waals surface area contributed by atoms with Gasteiger partial charge in [-0.3, -0.25) is 4.72 Å². The van der Waals surface area contributed by atoms with E-state index in [1.165, 1.54) is 0 Å². The van der Waals surface area contributed by atoms with Crippen molar-refractivity contribution >= 4 is 21.7 Å². The van der Waals surface area contributed by atoms with E-state index in [1.807, 2.05) is 0 Å². The first kappa shape index (κ1) is 18.2. The third-order valence-electron chi connectivity index (χ3n) is 2.88. The number of methoxy groups -OCH3 is 1. The zero-order valence-electron chi connectivity index (χ0n) is 13.0. The summed E-state index contributed by atoms with van der Waals surface area (Å²) in [6.07, 6.45) is 1.81. The van der Waals surface area contributed by atoms with Crippen molar-refractivity contribution in [3.05, 3.63) is 29.8 Å². The van der Waals surface area contributed by atoms with E-state index in [-0.39, 0.29) is 12.1 Å². The van der Waals surface area contributed by atoms with Crippen LogP contribution in [0.4, 0.5) is 10.5 Å². The number of carbonyl (C=O) groups is 1. The Balaban J connectivity index is 2.65. The largest absolute Gasteiger partial charge is 0.385 e. The van der Waals surface area contributed by atoms with Gasteiger partial charge in [0, 0.05) is 20.3 Å². The molecule has 1 aromatic rings. The second-order valence-corrected chi connectivity index (χ2v) is 6.68. The predicted molar refractivity (Wildman–Crippen MR) is 86.4 cm³/mol. The zero-order valence-corrected chi connectivity index (χ0v) is 13.9. The Labute approximate surface area is 131 Å². The Hall–Kier alpha value is -1.80. The van der Waals surface area contributed by atoms with Crippen molar-refractivity contribution in [3.8, 4) is 0 Å². The van der Waals surface area contributed by atoms with Crippen LogP contribution in [-0.4, -0.2) is 41.0 Å². The lowest BCUT2D eigenvalue weighted by atomic mass is 10.1. The number of nitrogens with one attached hydrogen (secondary N) is 3. The van der Waals surface area contributed by atoms with Crippen molar-refractivity contribution in [2.24, 2.45) is 0 Å². The maximum Gasteiger partial charge on any atom is 0.315 e. The molecule has 0 aromatic heterocycles. The fourth-order valence-corrected chi connectivity index (χ4v) is 2.50. The van der Waals surface area contributed by atoms with E-state index in [2.05, 4.69) is 15.4 Å². The molecule has 1 rings (SSSR count). The highest BCUT2D eigenvalue weighted by Gasteiger charge is 2.14. The molecular formula is C14H23N3O4S. The molecular weight excluding hydrogens is 306 g/mol. The Bertz CT molecular complexity index is 590. The molecule has 22 heavy (non-hydrogen) atoms. The third kappa shape index (κ3) is 6.77. The lowest BCUT2D eigenvalue weighted by Gasteiger charge is -2.18. The fourth-order valence-electron chi connectivity index (χ4n) is 1.91. The first-order valence-electron chi connectivity index (χ1n) is 6.93. The first-order chi connectivity index (χ1) is 10.3. The molecule has 8 heteroatoms. The van der Waals surface area contributed by atoms with Crippen LogP contribution in [0.15, 0.2) is 24.3 Å². The number of hydrogen-bond donors (Lipinski definition) is 3. The molecule has 0 heterocycles. The number of sulfonamides is 1. The number of carbonyl (C=O) groups excluding carboxylic acids is 1. The van der Waals surface area contributed by atoms with Crippen LogP contribution in [0.3, 0.4) is 0 Å². The quantitative estimate of drug-likeness (QED) is 0.629. The van der Waals surface area contributed by atoms with Gasteiger partial charge < -0.3 is 15.4 Å². The number of hydrogen-bond acceptors (Lipinski definition) is 4. The van der Waals surface area contributed by atoms with E-state index in [0.717, 1.165) is 12.7 Å². The van der Waals surface area contributed by atoms with Gasteiger partial charge in [0.25, 0.3) is 0 Å². The molecule has 1 atom stereocenters. The summed E-state index contributed by atoms with van der Waals surface area (Å²) in [4.78, 5) is 11.8. The summed E-state index contributed by atoms with van der Waals surface area (Å²) in [6.45, 7) is 2.88. The molecule has 1 aromatic carbocycles. The van der Waals surface area contributed by atoms with Gasteiger partial charge in [-0.2, -0.15) is 0 Å². The topological polar surface area (TPSA) is 96.5 Å². The lowest BCUT2D eigenvalue weighted by molar-refractivity contribution is 0.193. The average Bonchev–Trinajstić information content (AvgIpc) is 2.42. The normalized spacial score (nSPS) is 12.5. The number of urea groups is 1. The van der Waals surface area contributed by atoms with Crippen molar-refractivity contribution in [3.63, 3.8) is 0 Å². The third-order valence-corrected chi connectivity index (χ3v) is 3.47. The molecule has 124 valence electrons. The highest BCUT2D eigenvalue weighted by atomic mass is 32.2. The van der Waals surface area contributed by atoms with Crippen molar-refractivity contribution in [2.75, 3.05) is 31.2 Å². The summed E-state index contributed by atoms with van der Waals surface area (Å²) in [5.41, 5.74) is 1.15. The fraction of sp³-hybridized carbons (Fsp3) is 0.500. The summed E-state index contributed by atoms with van der Waals surface area (Å²) in [5, 5.41) is 5.49. The van der Waals surface area contributed by atoms with Crippen LogP contribution in [0.5, 0.6) is 0 Å². The standard InChI is InChI=1S/C14H23N3O4S/c1-11(16-14(18)15-9-6-10-21-2)12-7-4-5-8-13(12)17-22(3,19)20/h4-5,7-8,11,17H,6,9-10H2,1-3H3,(H2,15,16,18)/t11-/m1/s1. The Kier molecular flexibility index (Phi) is 7.13. The highest BCUT2D eigenvalue weighted by Crippen LogP contribution is 2.23. The van der Waals surface area contributed by atoms with Gasteiger partial charge in [0.2, 0.25) is 10.0 Å². The van der Waals surface area contributed by atoms with E-state index >= 15 is 0 Å². The summed E-state index contributed by atoms with van der Waals surface area (Å²) < 4.78 is 30.1. The Morgan fingerprint density at radius 1 is 1.32 bits per heavy atom. The van der Waals surface area contributed by atoms with Gasteiger partial charge >= 0.3 is 6.03 Å². The van der Waals surface area contributed by atoms with Crippen molar-refractivity contribution < 1.29 is 17.9 Å². The van der Waals surface area contributed by atoms with Crippen LogP contribution in [-0.2, 0) is 14.8 Å². The minimum absolute atomic E-state index is 0.308. The lowest BCUT2D eigenvalue weighted by Crippen LogP contribution is -2.38. The summed E-state index contributed by atoms with van der Waals surface area (Å²) in [7, 11) is -1.77. The van der Waals surface area contributed by atoms with Gasteiger partial charge in [-0.05, 0) is 25.0 Å². The molecule has 0 radical (unpaired) electrons. The van der Waals surface area contributed by atoms with E-state index in [0.29, 0.717) is 24.4 Å².